The molecule has 0 saturated carbocycles. The molecule has 0 unspecified atom stereocenters. The Balaban J connectivity index is 1.52. The van der Waals surface area contributed by atoms with Crippen molar-refractivity contribution in [2.75, 3.05) is 0 Å². The number of fused-ring (bicyclic) bond motifs is 1. The van der Waals surface area contributed by atoms with Gasteiger partial charge in [-0.05, 0) is 23.3 Å². The lowest BCUT2D eigenvalue weighted by Gasteiger charge is -2.23. The van der Waals surface area contributed by atoms with Gasteiger partial charge >= 0.3 is 0 Å². The van der Waals surface area contributed by atoms with E-state index in [0.29, 0.717) is 6.67 Å². The second kappa shape index (κ2) is 6.68. The second-order valence-corrected chi connectivity index (χ2v) is 6.70. The first kappa shape index (κ1) is 15.8. The lowest BCUT2D eigenvalue weighted by Crippen LogP contribution is -2.23. The summed E-state index contributed by atoms with van der Waals surface area (Å²) in [5.74, 6) is 0. The van der Waals surface area contributed by atoms with Gasteiger partial charge < -0.3 is 0 Å². The van der Waals surface area contributed by atoms with Crippen LogP contribution in [0.25, 0.3) is 11.0 Å². The van der Waals surface area contributed by atoms with E-state index in [2.05, 4.69) is 63.9 Å². The highest BCUT2D eigenvalue weighted by Crippen LogP contribution is 2.33. The van der Waals surface area contributed by atoms with E-state index in [4.69, 9.17) is 5.10 Å². The van der Waals surface area contributed by atoms with Gasteiger partial charge in [0.15, 0.2) is 0 Å². The third kappa shape index (κ3) is 2.97. The number of hydrazone groups is 1. The Bertz CT molecular complexity index is 1090. The van der Waals surface area contributed by atoms with Gasteiger partial charge in [-0.2, -0.15) is 5.10 Å². The first-order valence-electron chi connectivity index (χ1n) is 9.11. The molecule has 5 rings (SSSR count). The first-order valence-corrected chi connectivity index (χ1v) is 9.11. The Hall–Kier alpha value is -3.47. The summed E-state index contributed by atoms with van der Waals surface area (Å²) in [6.45, 7) is 0.566. The molecule has 4 aromatic rings. The van der Waals surface area contributed by atoms with Crippen molar-refractivity contribution in [3.05, 3.63) is 96.1 Å². The molecule has 0 fully saturated rings. The Kier molecular flexibility index (Phi) is 3.90. The van der Waals surface area contributed by atoms with E-state index in [1.54, 1.807) is 0 Å². The van der Waals surface area contributed by atoms with Crippen molar-refractivity contribution >= 4 is 16.7 Å². The molecule has 0 amide bonds. The lowest BCUT2D eigenvalue weighted by molar-refractivity contribution is 0.173. The standard InChI is InChI=1S/C22H19N5/c1-3-9-17(10-4-1)20-15-22(18-11-5-2-6-12-18)26(24-20)16-27-21-14-8-7-13-19(21)23-25-27/h1-14,22H,15-16H2/t22-/m0/s1. The Morgan fingerprint density at radius 2 is 1.52 bits per heavy atom. The van der Waals surface area contributed by atoms with Crippen LogP contribution in [-0.2, 0) is 6.67 Å². The monoisotopic (exact) mass is 353 g/mol. The van der Waals surface area contributed by atoms with Crippen LogP contribution < -0.4 is 0 Å². The van der Waals surface area contributed by atoms with Crippen molar-refractivity contribution in [2.24, 2.45) is 5.10 Å². The third-order valence-corrected chi connectivity index (χ3v) is 4.99. The quantitative estimate of drug-likeness (QED) is 0.551. The minimum absolute atomic E-state index is 0.185. The number of benzene rings is 3. The van der Waals surface area contributed by atoms with Crippen molar-refractivity contribution in [1.82, 2.24) is 20.0 Å². The van der Waals surface area contributed by atoms with Gasteiger partial charge in [-0.3, -0.25) is 5.01 Å². The summed E-state index contributed by atoms with van der Waals surface area (Å²) in [6, 6.07) is 29.1. The number of hydrogen-bond acceptors (Lipinski definition) is 4. The van der Waals surface area contributed by atoms with Crippen molar-refractivity contribution in [2.45, 2.75) is 19.1 Å². The van der Waals surface area contributed by atoms with Gasteiger partial charge in [0, 0.05) is 6.42 Å². The van der Waals surface area contributed by atoms with Crippen LogP contribution in [0.5, 0.6) is 0 Å². The summed E-state index contributed by atoms with van der Waals surface area (Å²) in [5.41, 5.74) is 5.46. The topological polar surface area (TPSA) is 46.3 Å². The molecule has 132 valence electrons. The van der Waals surface area contributed by atoms with E-state index in [1.165, 1.54) is 11.1 Å². The Morgan fingerprint density at radius 3 is 2.33 bits per heavy atom. The van der Waals surface area contributed by atoms with Crippen LogP contribution >= 0.6 is 0 Å². The molecule has 0 saturated heterocycles. The maximum atomic E-state index is 4.96. The predicted octanol–water partition coefficient (Wildman–Crippen LogP) is 4.24. The minimum Gasteiger partial charge on any atom is -0.267 e. The highest BCUT2D eigenvalue weighted by Gasteiger charge is 2.29. The van der Waals surface area contributed by atoms with Gasteiger partial charge in [0.2, 0.25) is 0 Å². The van der Waals surface area contributed by atoms with E-state index in [0.717, 1.165) is 23.2 Å². The molecule has 1 aliphatic rings. The molecule has 1 aliphatic heterocycles. The minimum atomic E-state index is 0.185. The highest BCUT2D eigenvalue weighted by atomic mass is 15.6. The van der Waals surface area contributed by atoms with Crippen LogP contribution in [0.1, 0.15) is 23.6 Å². The number of aromatic nitrogens is 3. The molecule has 5 nitrogen and oxygen atoms in total. The van der Waals surface area contributed by atoms with Gasteiger partial charge in [-0.15, -0.1) is 5.10 Å². The van der Waals surface area contributed by atoms with E-state index < -0.39 is 0 Å². The summed E-state index contributed by atoms with van der Waals surface area (Å²) in [5, 5.41) is 15.7. The largest absolute Gasteiger partial charge is 0.267 e. The fourth-order valence-corrected chi connectivity index (χ4v) is 3.61. The fraction of sp³-hybridized carbons (Fsp3) is 0.136. The number of hydrogen-bond donors (Lipinski definition) is 0. The second-order valence-electron chi connectivity index (χ2n) is 6.70. The zero-order valence-electron chi connectivity index (χ0n) is 14.8. The molecule has 0 aliphatic carbocycles. The van der Waals surface area contributed by atoms with E-state index >= 15 is 0 Å². The van der Waals surface area contributed by atoms with Crippen LogP contribution in [0.2, 0.25) is 0 Å². The Morgan fingerprint density at radius 1 is 0.815 bits per heavy atom. The van der Waals surface area contributed by atoms with Gasteiger partial charge in [0.05, 0.1) is 17.3 Å². The normalized spacial score (nSPS) is 16.7. The van der Waals surface area contributed by atoms with Crippen LogP contribution in [0.3, 0.4) is 0 Å². The van der Waals surface area contributed by atoms with E-state index in [1.807, 2.05) is 41.1 Å². The molecule has 1 aromatic heterocycles. The van der Waals surface area contributed by atoms with Crippen molar-refractivity contribution in [3.8, 4) is 0 Å². The average Bonchev–Trinajstić information content (AvgIpc) is 3.35. The number of nitrogens with zero attached hydrogens (tertiary/aromatic N) is 5. The fourth-order valence-electron chi connectivity index (χ4n) is 3.61. The van der Waals surface area contributed by atoms with E-state index in [-0.39, 0.29) is 6.04 Å². The van der Waals surface area contributed by atoms with Crippen molar-refractivity contribution in [1.29, 1.82) is 0 Å². The van der Waals surface area contributed by atoms with Crippen LogP contribution in [0.4, 0.5) is 0 Å². The molecule has 0 radical (unpaired) electrons. The summed E-state index contributed by atoms with van der Waals surface area (Å²) in [7, 11) is 0. The average molecular weight is 353 g/mol. The van der Waals surface area contributed by atoms with Gasteiger partial charge in [-0.1, -0.05) is 78.0 Å². The van der Waals surface area contributed by atoms with Crippen molar-refractivity contribution in [3.63, 3.8) is 0 Å². The summed E-state index contributed by atoms with van der Waals surface area (Å²) in [6.07, 6.45) is 0.876. The third-order valence-electron chi connectivity index (χ3n) is 4.99. The number of rotatable bonds is 4. The predicted molar refractivity (Wildman–Crippen MR) is 106 cm³/mol. The molecular formula is C22H19N5. The molecule has 27 heavy (non-hydrogen) atoms. The first-order chi connectivity index (χ1) is 13.4. The maximum absolute atomic E-state index is 4.96. The van der Waals surface area contributed by atoms with Crippen LogP contribution in [0, 0.1) is 0 Å². The summed E-state index contributed by atoms with van der Waals surface area (Å²) < 4.78 is 1.92. The molecule has 1 atom stereocenters. The highest BCUT2D eigenvalue weighted by molar-refractivity contribution is 6.01. The van der Waals surface area contributed by atoms with Gasteiger partial charge in [-0.25, -0.2) is 4.68 Å². The molecule has 0 bridgehead atoms. The van der Waals surface area contributed by atoms with Crippen molar-refractivity contribution < 1.29 is 0 Å². The molecule has 2 heterocycles. The van der Waals surface area contributed by atoms with E-state index in [9.17, 15) is 0 Å². The zero-order chi connectivity index (χ0) is 18.1. The zero-order valence-corrected chi connectivity index (χ0v) is 14.8. The number of para-hydroxylation sites is 1. The van der Waals surface area contributed by atoms with Crippen LogP contribution in [0.15, 0.2) is 90.0 Å². The van der Waals surface area contributed by atoms with Crippen LogP contribution in [-0.4, -0.2) is 25.7 Å². The molecule has 0 N–H and O–H groups in total. The SMILES string of the molecule is c1ccc(C2=NN(Cn3nnc4ccccc43)[C@H](c3ccccc3)C2)cc1. The Labute approximate surface area is 157 Å². The molecular weight excluding hydrogens is 334 g/mol. The summed E-state index contributed by atoms with van der Waals surface area (Å²) in [4.78, 5) is 0. The van der Waals surface area contributed by atoms with Gasteiger partial charge in [0.25, 0.3) is 0 Å². The smallest absolute Gasteiger partial charge is 0.131 e. The molecule has 5 heteroatoms. The molecule has 0 spiro atoms. The summed E-state index contributed by atoms with van der Waals surface area (Å²) >= 11 is 0. The molecule has 3 aromatic carbocycles. The lowest BCUT2D eigenvalue weighted by atomic mass is 9.99. The van der Waals surface area contributed by atoms with Gasteiger partial charge in [0.1, 0.15) is 12.2 Å². The maximum Gasteiger partial charge on any atom is 0.131 e.